The van der Waals surface area contributed by atoms with Crippen LogP contribution in [0.25, 0.3) is 0 Å². The van der Waals surface area contributed by atoms with Crippen LogP contribution in [0.4, 0.5) is 0 Å². The normalized spacial score (nSPS) is 35.3. The van der Waals surface area contributed by atoms with Crippen LogP contribution < -0.4 is 5.32 Å². The van der Waals surface area contributed by atoms with E-state index < -0.39 is 9.84 Å². The number of rotatable bonds is 3. The van der Waals surface area contributed by atoms with Gasteiger partial charge < -0.3 is 5.32 Å². The van der Waals surface area contributed by atoms with E-state index in [1.807, 2.05) is 0 Å². The van der Waals surface area contributed by atoms with Crippen molar-refractivity contribution in [2.24, 2.45) is 0 Å². The van der Waals surface area contributed by atoms with Crippen molar-refractivity contribution >= 4 is 9.84 Å². The minimum atomic E-state index is -2.76. The van der Waals surface area contributed by atoms with E-state index in [1.165, 1.54) is 0 Å². The molecule has 4 nitrogen and oxygen atoms in total. The molecule has 0 spiro atoms. The molecule has 0 aliphatic carbocycles. The predicted molar refractivity (Wildman–Crippen MR) is 65.3 cm³/mol. The number of nitrogens with zero attached hydrogens (tertiary/aromatic N) is 1. The molecule has 16 heavy (non-hydrogen) atoms. The van der Waals surface area contributed by atoms with E-state index in [0.29, 0.717) is 17.5 Å². The molecule has 0 aromatic rings. The molecule has 2 atom stereocenters. The molecule has 2 rings (SSSR count). The SMILES string of the molecule is CCNC1CCN(C2CCCS(=O)(=O)C2)C1. The highest BCUT2D eigenvalue weighted by atomic mass is 32.2. The lowest BCUT2D eigenvalue weighted by atomic mass is 10.1. The van der Waals surface area contributed by atoms with Gasteiger partial charge in [0.25, 0.3) is 0 Å². The van der Waals surface area contributed by atoms with Gasteiger partial charge in [0.05, 0.1) is 11.5 Å². The summed E-state index contributed by atoms with van der Waals surface area (Å²) in [5, 5.41) is 3.44. The molecule has 2 aliphatic heterocycles. The fourth-order valence-corrected chi connectivity index (χ4v) is 4.60. The highest BCUT2D eigenvalue weighted by Gasteiger charge is 2.33. The van der Waals surface area contributed by atoms with Gasteiger partial charge >= 0.3 is 0 Å². The van der Waals surface area contributed by atoms with Crippen molar-refractivity contribution in [3.63, 3.8) is 0 Å². The Labute approximate surface area is 98.3 Å². The molecular weight excluding hydrogens is 224 g/mol. The third-order valence-electron chi connectivity index (χ3n) is 3.67. The Kier molecular flexibility index (Phi) is 3.87. The van der Waals surface area contributed by atoms with Crippen LogP contribution in [0.15, 0.2) is 0 Å². The van der Waals surface area contributed by atoms with E-state index in [1.54, 1.807) is 0 Å². The lowest BCUT2D eigenvalue weighted by Gasteiger charge is -2.30. The Morgan fingerprint density at radius 3 is 2.88 bits per heavy atom. The van der Waals surface area contributed by atoms with Crippen LogP contribution in [-0.2, 0) is 9.84 Å². The molecule has 2 fully saturated rings. The number of hydrogen-bond acceptors (Lipinski definition) is 4. The molecule has 0 aromatic heterocycles. The summed E-state index contributed by atoms with van der Waals surface area (Å²) in [7, 11) is -2.76. The van der Waals surface area contributed by atoms with E-state index >= 15 is 0 Å². The third kappa shape index (κ3) is 2.96. The van der Waals surface area contributed by atoms with Gasteiger partial charge in [-0.2, -0.15) is 0 Å². The molecule has 2 unspecified atom stereocenters. The molecule has 0 radical (unpaired) electrons. The topological polar surface area (TPSA) is 49.4 Å². The molecule has 1 N–H and O–H groups in total. The number of sulfone groups is 1. The lowest BCUT2D eigenvalue weighted by Crippen LogP contribution is -2.43. The highest BCUT2D eigenvalue weighted by molar-refractivity contribution is 7.91. The van der Waals surface area contributed by atoms with E-state index in [9.17, 15) is 8.42 Å². The molecule has 0 aromatic carbocycles. The van der Waals surface area contributed by atoms with Crippen molar-refractivity contribution in [2.45, 2.75) is 38.3 Å². The third-order valence-corrected chi connectivity index (χ3v) is 5.47. The number of likely N-dealkylation sites (N-methyl/N-ethyl adjacent to an activating group) is 1. The zero-order valence-corrected chi connectivity index (χ0v) is 10.8. The predicted octanol–water partition coefficient (Wildman–Crippen LogP) is 0.247. The summed E-state index contributed by atoms with van der Waals surface area (Å²) < 4.78 is 23.2. The van der Waals surface area contributed by atoms with Gasteiger partial charge in [0.1, 0.15) is 0 Å². The molecule has 5 heteroatoms. The van der Waals surface area contributed by atoms with Crippen LogP contribution in [0, 0.1) is 0 Å². The Bertz CT molecular complexity index is 329. The first-order chi connectivity index (χ1) is 7.61. The minimum Gasteiger partial charge on any atom is -0.313 e. The summed E-state index contributed by atoms with van der Waals surface area (Å²) in [6.45, 7) is 5.20. The van der Waals surface area contributed by atoms with Crippen molar-refractivity contribution in [2.75, 3.05) is 31.1 Å². The summed E-state index contributed by atoms with van der Waals surface area (Å²) in [4.78, 5) is 2.37. The largest absolute Gasteiger partial charge is 0.313 e. The maximum atomic E-state index is 11.6. The Hall–Kier alpha value is -0.130. The first-order valence-electron chi connectivity index (χ1n) is 6.28. The van der Waals surface area contributed by atoms with Gasteiger partial charge in [0.2, 0.25) is 0 Å². The maximum Gasteiger partial charge on any atom is 0.151 e. The molecule has 2 heterocycles. The monoisotopic (exact) mass is 246 g/mol. The van der Waals surface area contributed by atoms with E-state index in [4.69, 9.17) is 0 Å². The lowest BCUT2D eigenvalue weighted by molar-refractivity contribution is 0.237. The fourth-order valence-electron chi connectivity index (χ4n) is 2.86. The highest BCUT2D eigenvalue weighted by Crippen LogP contribution is 2.21. The van der Waals surface area contributed by atoms with Crippen LogP contribution in [0.3, 0.4) is 0 Å². The second kappa shape index (κ2) is 5.02. The van der Waals surface area contributed by atoms with Crippen LogP contribution in [0.5, 0.6) is 0 Å². The summed E-state index contributed by atoms with van der Waals surface area (Å²) in [6, 6.07) is 0.844. The van der Waals surface area contributed by atoms with Gasteiger partial charge in [-0.25, -0.2) is 8.42 Å². The first kappa shape index (κ1) is 12.3. The number of likely N-dealkylation sites (tertiary alicyclic amines) is 1. The van der Waals surface area contributed by atoms with Crippen LogP contribution in [-0.4, -0.2) is 56.5 Å². The van der Waals surface area contributed by atoms with E-state index in [0.717, 1.165) is 38.9 Å². The van der Waals surface area contributed by atoms with E-state index in [-0.39, 0.29) is 6.04 Å². The molecule has 0 saturated carbocycles. The van der Waals surface area contributed by atoms with Gasteiger partial charge in [-0.05, 0) is 25.8 Å². The fraction of sp³-hybridized carbons (Fsp3) is 1.00. The Morgan fingerprint density at radius 2 is 2.19 bits per heavy atom. The molecule has 2 aliphatic rings. The van der Waals surface area contributed by atoms with E-state index in [2.05, 4.69) is 17.1 Å². The standard InChI is InChI=1S/C11H22N2O2S/c1-2-12-10-5-6-13(8-10)11-4-3-7-16(14,15)9-11/h10-12H,2-9H2,1H3. The Balaban J connectivity index is 1.89. The summed E-state index contributed by atoms with van der Waals surface area (Å²) in [5.41, 5.74) is 0. The number of nitrogens with one attached hydrogen (secondary N) is 1. The van der Waals surface area contributed by atoms with Gasteiger partial charge in [0.15, 0.2) is 9.84 Å². The van der Waals surface area contributed by atoms with Gasteiger partial charge in [-0.15, -0.1) is 0 Å². The Morgan fingerprint density at radius 1 is 1.38 bits per heavy atom. The molecule has 94 valence electrons. The summed E-state index contributed by atoms with van der Waals surface area (Å²) in [6.07, 6.45) is 3.05. The number of hydrogen-bond donors (Lipinski definition) is 1. The first-order valence-corrected chi connectivity index (χ1v) is 8.11. The van der Waals surface area contributed by atoms with Crippen LogP contribution >= 0.6 is 0 Å². The van der Waals surface area contributed by atoms with Crippen molar-refractivity contribution in [3.05, 3.63) is 0 Å². The van der Waals surface area contributed by atoms with Crippen molar-refractivity contribution < 1.29 is 8.42 Å². The quantitative estimate of drug-likeness (QED) is 0.775. The van der Waals surface area contributed by atoms with Crippen molar-refractivity contribution in [3.8, 4) is 0 Å². The zero-order chi connectivity index (χ0) is 11.6. The van der Waals surface area contributed by atoms with Crippen LogP contribution in [0.1, 0.15) is 26.2 Å². The van der Waals surface area contributed by atoms with Gasteiger partial charge in [-0.3, -0.25) is 4.90 Å². The molecule has 0 bridgehead atoms. The average Bonchev–Trinajstić information content (AvgIpc) is 2.65. The summed E-state index contributed by atoms with van der Waals surface area (Å²) in [5.74, 6) is 0.778. The summed E-state index contributed by atoms with van der Waals surface area (Å²) >= 11 is 0. The van der Waals surface area contributed by atoms with Gasteiger partial charge in [0, 0.05) is 25.2 Å². The second-order valence-electron chi connectivity index (χ2n) is 4.95. The van der Waals surface area contributed by atoms with Gasteiger partial charge in [-0.1, -0.05) is 6.92 Å². The average molecular weight is 246 g/mol. The second-order valence-corrected chi connectivity index (χ2v) is 7.18. The zero-order valence-electron chi connectivity index (χ0n) is 9.98. The molecular formula is C11H22N2O2S. The molecule has 2 saturated heterocycles. The maximum absolute atomic E-state index is 11.6. The smallest absolute Gasteiger partial charge is 0.151 e. The minimum absolute atomic E-state index is 0.280. The van der Waals surface area contributed by atoms with Crippen LogP contribution in [0.2, 0.25) is 0 Å². The van der Waals surface area contributed by atoms with Crippen molar-refractivity contribution in [1.82, 2.24) is 10.2 Å². The molecule has 0 amide bonds. The van der Waals surface area contributed by atoms with Crippen molar-refractivity contribution in [1.29, 1.82) is 0 Å².